The molecule has 7 nitrogen and oxygen atoms in total. The largest absolute Gasteiger partial charge is 0.384 e. The molecule has 1 aliphatic rings. The fourth-order valence-corrected chi connectivity index (χ4v) is 2.51. The molecule has 2 aromatic heterocycles. The van der Waals surface area contributed by atoms with E-state index in [-0.39, 0.29) is 11.5 Å². The van der Waals surface area contributed by atoms with Crippen LogP contribution in [0.4, 0.5) is 11.6 Å². The topological polar surface area (TPSA) is 112 Å². The van der Waals surface area contributed by atoms with Crippen LogP contribution >= 0.6 is 0 Å². The first kappa shape index (κ1) is 11.0. The van der Waals surface area contributed by atoms with Gasteiger partial charge in [-0.25, -0.2) is 4.98 Å². The second-order valence-corrected chi connectivity index (χ2v) is 4.78. The van der Waals surface area contributed by atoms with Crippen LogP contribution in [0.15, 0.2) is 23.0 Å². The number of hydrogen-bond donors (Lipinski definition) is 4. The first-order chi connectivity index (χ1) is 9.70. The third kappa shape index (κ3) is 1.56. The van der Waals surface area contributed by atoms with E-state index in [2.05, 4.69) is 31.3 Å². The van der Waals surface area contributed by atoms with Crippen molar-refractivity contribution >= 4 is 22.8 Å². The van der Waals surface area contributed by atoms with Crippen LogP contribution in [-0.4, -0.2) is 26.5 Å². The van der Waals surface area contributed by atoms with Gasteiger partial charge in [0, 0.05) is 17.8 Å². The highest BCUT2D eigenvalue weighted by atomic mass is 16.1. The van der Waals surface area contributed by atoms with Crippen molar-refractivity contribution < 1.29 is 0 Å². The van der Waals surface area contributed by atoms with Crippen molar-refractivity contribution in [1.29, 1.82) is 0 Å². The van der Waals surface area contributed by atoms with Crippen molar-refractivity contribution in [2.75, 3.05) is 17.6 Å². The van der Waals surface area contributed by atoms with Gasteiger partial charge in [-0.05, 0) is 30.2 Å². The van der Waals surface area contributed by atoms with Gasteiger partial charge in [0.2, 0.25) is 5.95 Å². The van der Waals surface area contributed by atoms with Crippen LogP contribution in [0, 0.1) is 0 Å². The summed E-state index contributed by atoms with van der Waals surface area (Å²) in [6.45, 7) is 0.955. The van der Waals surface area contributed by atoms with Crippen LogP contribution < -0.4 is 16.6 Å². The van der Waals surface area contributed by atoms with Crippen LogP contribution in [0.1, 0.15) is 5.56 Å². The van der Waals surface area contributed by atoms with Crippen LogP contribution in [0.5, 0.6) is 0 Å². The molecule has 0 spiro atoms. The number of nitrogens with two attached hydrogens (primary N) is 1. The summed E-state index contributed by atoms with van der Waals surface area (Å²) in [7, 11) is 0. The van der Waals surface area contributed by atoms with E-state index < -0.39 is 0 Å². The Balaban J connectivity index is 1.90. The fourth-order valence-electron chi connectivity index (χ4n) is 2.51. The summed E-state index contributed by atoms with van der Waals surface area (Å²) in [6.07, 6.45) is 0.995. The van der Waals surface area contributed by atoms with Gasteiger partial charge in [-0.3, -0.25) is 9.78 Å². The average Bonchev–Trinajstić information content (AvgIpc) is 3.03. The highest BCUT2D eigenvalue weighted by Gasteiger charge is 2.14. The molecule has 1 aromatic carbocycles. The molecule has 100 valence electrons. The molecule has 5 N–H and O–H groups in total. The van der Waals surface area contributed by atoms with Crippen molar-refractivity contribution in [3.05, 3.63) is 34.1 Å². The van der Waals surface area contributed by atoms with Crippen molar-refractivity contribution in [2.24, 2.45) is 0 Å². The zero-order valence-corrected chi connectivity index (χ0v) is 10.5. The lowest BCUT2D eigenvalue weighted by Gasteiger charge is -2.01. The predicted octanol–water partition coefficient (Wildman–Crippen LogP) is 0.863. The Bertz CT molecular complexity index is 878. The summed E-state index contributed by atoms with van der Waals surface area (Å²) < 4.78 is 0. The minimum Gasteiger partial charge on any atom is -0.384 e. The van der Waals surface area contributed by atoms with E-state index in [0.29, 0.717) is 17.0 Å². The Hall–Kier alpha value is -2.83. The summed E-state index contributed by atoms with van der Waals surface area (Å²) in [5, 5.41) is 3.31. The molecule has 20 heavy (non-hydrogen) atoms. The van der Waals surface area contributed by atoms with Crippen LogP contribution in [0.25, 0.3) is 22.6 Å². The summed E-state index contributed by atoms with van der Waals surface area (Å²) in [5.41, 5.74) is 9.23. The van der Waals surface area contributed by atoms with E-state index in [4.69, 9.17) is 5.73 Å². The molecule has 0 fully saturated rings. The Morgan fingerprint density at radius 2 is 2.10 bits per heavy atom. The number of nitrogens with one attached hydrogen (secondary N) is 3. The second-order valence-electron chi connectivity index (χ2n) is 4.78. The number of hydrogen-bond acceptors (Lipinski definition) is 5. The third-order valence-electron chi connectivity index (χ3n) is 3.47. The number of imidazole rings is 1. The highest BCUT2D eigenvalue weighted by Crippen LogP contribution is 2.27. The van der Waals surface area contributed by atoms with Crippen LogP contribution in [-0.2, 0) is 6.42 Å². The van der Waals surface area contributed by atoms with Gasteiger partial charge in [-0.1, -0.05) is 0 Å². The molecule has 7 heteroatoms. The predicted molar refractivity (Wildman–Crippen MR) is 76.6 cm³/mol. The number of H-pyrrole nitrogens is 2. The van der Waals surface area contributed by atoms with Gasteiger partial charge < -0.3 is 16.0 Å². The summed E-state index contributed by atoms with van der Waals surface area (Å²) in [5.74, 6) is 0.692. The maximum Gasteiger partial charge on any atom is 0.278 e. The summed E-state index contributed by atoms with van der Waals surface area (Å²) in [6, 6.07) is 6.06. The molecule has 0 aliphatic carbocycles. The lowest BCUT2D eigenvalue weighted by molar-refractivity contribution is 1.11. The van der Waals surface area contributed by atoms with Crippen molar-refractivity contribution in [2.45, 2.75) is 6.42 Å². The number of anilines is 2. The van der Waals surface area contributed by atoms with E-state index in [9.17, 15) is 4.79 Å². The van der Waals surface area contributed by atoms with Gasteiger partial charge in [0.15, 0.2) is 11.2 Å². The van der Waals surface area contributed by atoms with E-state index in [0.717, 1.165) is 24.2 Å². The molecular weight excluding hydrogens is 256 g/mol. The summed E-state index contributed by atoms with van der Waals surface area (Å²) in [4.78, 5) is 25.6. The lowest BCUT2D eigenvalue weighted by Crippen LogP contribution is -2.10. The monoisotopic (exact) mass is 268 g/mol. The Morgan fingerprint density at radius 3 is 3.00 bits per heavy atom. The zero-order chi connectivity index (χ0) is 13.7. The van der Waals surface area contributed by atoms with Gasteiger partial charge in [-0.15, -0.1) is 0 Å². The van der Waals surface area contributed by atoms with Gasteiger partial charge in [0.25, 0.3) is 5.56 Å². The van der Waals surface area contributed by atoms with Crippen molar-refractivity contribution in [3.63, 3.8) is 0 Å². The zero-order valence-electron chi connectivity index (χ0n) is 10.5. The van der Waals surface area contributed by atoms with E-state index >= 15 is 0 Å². The Labute approximate surface area is 113 Å². The number of fused-ring (bicyclic) bond motifs is 2. The number of aromatic nitrogens is 4. The molecule has 0 saturated carbocycles. The second kappa shape index (κ2) is 3.83. The van der Waals surface area contributed by atoms with E-state index in [1.165, 1.54) is 5.56 Å². The van der Waals surface area contributed by atoms with Gasteiger partial charge >= 0.3 is 0 Å². The molecule has 0 atom stereocenters. The number of benzene rings is 1. The van der Waals surface area contributed by atoms with Gasteiger partial charge in [0.05, 0.1) is 0 Å². The van der Waals surface area contributed by atoms with Crippen LogP contribution in [0.3, 0.4) is 0 Å². The maximum atomic E-state index is 11.8. The number of aromatic amines is 2. The Morgan fingerprint density at radius 1 is 1.20 bits per heavy atom. The van der Waals surface area contributed by atoms with E-state index in [1.807, 2.05) is 12.1 Å². The third-order valence-corrected chi connectivity index (χ3v) is 3.47. The first-order valence-electron chi connectivity index (χ1n) is 6.33. The molecule has 3 aromatic rings. The fraction of sp³-hybridized carbons (Fsp3) is 0.154. The lowest BCUT2D eigenvalue weighted by atomic mass is 10.1. The van der Waals surface area contributed by atoms with Gasteiger partial charge in [0.1, 0.15) is 5.82 Å². The maximum absolute atomic E-state index is 11.8. The molecule has 3 heterocycles. The van der Waals surface area contributed by atoms with Crippen LogP contribution in [0.2, 0.25) is 0 Å². The van der Waals surface area contributed by atoms with Crippen molar-refractivity contribution in [1.82, 2.24) is 19.9 Å². The normalized spacial score (nSPS) is 13.4. The molecular formula is C13H12N6O. The Kier molecular flexibility index (Phi) is 2.11. The number of nitrogens with zero attached hydrogens (tertiary/aromatic N) is 2. The number of rotatable bonds is 1. The SMILES string of the molecule is Nc1nc2nc(-c3ccc4c(c3)CCN4)[nH]c2c(=O)[nH]1. The molecule has 0 saturated heterocycles. The first-order valence-corrected chi connectivity index (χ1v) is 6.33. The van der Waals surface area contributed by atoms with Gasteiger partial charge in [-0.2, -0.15) is 4.98 Å². The summed E-state index contributed by atoms with van der Waals surface area (Å²) >= 11 is 0. The highest BCUT2D eigenvalue weighted by molar-refractivity contribution is 5.76. The van der Waals surface area contributed by atoms with E-state index in [1.54, 1.807) is 0 Å². The average molecular weight is 268 g/mol. The minimum absolute atomic E-state index is 0.0682. The molecule has 4 rings (SSSR count). The molecule has 0 unspecified atom stereocenters. The molecule has 0 amide bonds. The number of nitrogen functional groups attached to an aromatic ring is 1. The molecule has 1 aliphatic heterocycles. The quantitative estimate of drug-likeness (QED) is 0.523. The molecule has 0 radical (unpaired) electrons. The smallest absolute Gasteiger partial charge is 0.278 e. The minimum atomic E-state index is -0.311. The standard InChI is InChI=1S/C13H12N6O/c14-13-18-11-9(12(20)19-13)16-10(17-11)7-1-2-8-6(5-7)3-4-15-8/h1-2,5,15H,3-4H2,(H4,14,16,17,18,19,20). The van der Waals surface area contributed by atoms with Crippen molar-refractivity contribution in [3.8, 4) is 11.4 Å². The molecule has 0 bridgehead atoms.